The van der Waals surface area contributed by atoms with E-state index in [-0.39, 0.29) is 12.0 Å². The van der Waals surface area contributed by atoms with Crippen LogP contribution in [0.5, 0.6) is 0 Å². The first-order chi connectivity index (χ1) is 12.6. The molecule has 0 aromatic rings. The van der Waals surface area contributed by atoms with Crippen molar-refractivity contribution in [2.45, 2.75) is 44.6 Å². The second-order valence-corrected chi connectivity index (χ2v) is 6.63. The number of carbonyl (C=O) groups excluding carboxylic acids is 1. The van der Waals surface area contributed by atoms with Crippen LogP contribution in [-0.2, 0) is 9.53 Å². The topological polar surface area (TPSA) is 137 Å². The molecule has 8 nitrogen and oxygen atoms in total. The summed E-state index contributed by atoms with van der Waals surface area (Å²) < 4.78 is 5.05. The monoisotopic (exact) mass is 374 g/mol. The number of rotatable bonds is 18. The van der Waals surface area contributed by atoms with Gasteiger partial charge in [-0.05, 0) is 84.3 Å². The van der Waals surface area contributed by atoms with E-state index in [4.69, 9.17) is 27.7 Å². The van der Waals surface area contributed by atoms with Gasteiger partial charge in [-0.2, -0.15) is 0 Å². The lowest BCUT2D eigenvalue weighted by molar-refractivity contribution is -0.147. The summed E-state index contributed by atoms with van der Waals surface area (Å²) in [5.41, 5.74) is 22.6. The molecule has 0 amide bonds. The molecule has 0 rings (SSSR count). The van der Waals surface area contributed by atoms with Crippen LogP contribution in [0.15, 0.2) is 0 Å². The van der Waals surface area contributed by atoms with Gasteiger partial charge in [-0.3, -0.25) is 9.69 Å². The molecule has 0 aliphatic rings. The summed E-state index contributed by atoms with van der Waals surface area (Å²) in [6.45, 7) is 7.08. The van der Waals surface area contributed by atoms with Gasteiger partial charge in [-0.1, -0.05) is 0 Å². The summed E-state index contributed by atoms with van der Waals surface area (Å²) in [6.07, 6.45) is 5.36. The zero-order valence-electron chi connectivity index (χ0n) is 16.7. The van der Waals surface area contributed by atoms with E-state index in [1.807, 2.05) is 0 Å². The van der Waals surface area contributed by atoms with Crippen molar-refractivity contribution in [2.75, 3.05) is 66.0 Å². The summed E-state index contributed by atoms with van der Waals surface area (Å²) >= 11 is 0. The highest BCUT2D eigenvalue weighted by Crippen LogP contribution is 2.12. The van der Waals surface area contributed by atoms with Crippen molar-refractivity contribution in [2.24, 2.45) is 22.9 Å². The van der Waals surface area contributed by atoms with Gasteiger partial charge in [0.15, 0.2) is 0 Å². The normalized spacial score (nSPS) is 12.7. The molecule has 0 saturated carbocycles. The van der Waals surface area contributed by atoms with Crippen molar-refractivity contribution >= 4 is 5.97 Å². The maximum absolute atomic E-state index is 12.3. The summed E-state index contributed by atoms with van der Waals surface area (Å²) in [7, 11) is 1.45. The van der Waals surface area contributed by atoms with Crippen molar-refractivity contribution in [1.82, 2.24) is 9.80 Å². The molecule has 0 aromatic carbocycles. The molecule has 0 aliphatic carbocycles. The summed E-state index contributed by atoms with van der Waals surface area (Å²) in [5, 5.41) is 0. The largest absolute Gasteiger partial charge is 0.468 e. The first kappa shape index (κ1) is 25.2. The summed E-state index contributed by atoms with van der Waals surface area (Å²) in [6, 6.07) is -0.232. The van der Waals surface area contributed by atoms with Crippen molar-refractivity contribution in [1.29, 1.82) is 0 Å². The predicted octanol–water partition coefficient (Wildman–Crippen LogP) is -0.693. The molecule has 0 bridgehead atoms. The average molecular weight is 375 g/mol. The van der Waals surface area contributed by atoms with Crippen molar-refractivity contribution < 1.29 is 9.53 Å². The molecule has 0 heterocycles. The molecule has 1 unspecified atom stereocenters. The Morgan fingerprint density at radius 2 is 1.19 bits per heavy atom. The molecule has 0 spiro atoms. The molecule has 0 radical (unpaired) electrons. The fourth-order valence-corrected chi connectivity index (χ4v) is 3.07. The minimum Gasteiger partial charge on any atom is -0.468 e. The van der Waals surface area contributed by atoms with Crippen molar-refractivity contribution in [3.63, 3.8) is 0 Å². The van der Waals surface area contributed by atoms with Gasteiger partial charge in [-0.15, -0.1) is 0 Å². The van der Waals surface area contributed by atoms with Gasteiger partial charge in [0.05, 0.1) is 7.11 Å². The average Bonchev–Trinajstić information content (AvgIpc) is 2.66. The van der Waals surface area contributed by atoms with Crippen LogP contribution in [0.1, 0.15) is 38.5 Å². The maximum Gasteiger partial charge on any atom is 0.323 e. The van der Waals surface area contributed by atoms with E-state index in [9.17, 15) is 4.79 Å². The SMILES string of the molecule is COC(=O)C(CCCN(CCCN)CCCN)N(CCCN)CCCN. The number of hydrogen-bond donors (Lipinski definition) is 4. The van der Waals surface area contributed by atoms with Gasteiger partial charge in [0, 0.05) is 13.1 Å². The van der Waals surface area contributed by atoms with Crippen LogP contribution >= 0.6 is 0 Å². The standard InChI is InChI=1S/C18H42N6O2/c1-26-18(25)17(24(15-5-10-21)16-6-11-22)7-2-12-23(13-3-8-19)14-4-9-20/h17H,2-16,19-22H2,1H3. The van der Waals surface area contributed by atoms with Gasteiger partial charge >= 0.3 is 5.97 Å². The summed E-state index contributed by atoms with van der Waals surface area (Å²) in [4.78, 5) is 16.9. The van der Waals surface area contributed by atoms with Crippen LogP contribution in [0.25, 0.3) is 0 Å². The highest BCUT2D eigenvalue weighted by atomic mass is 16.5. The number of hydrogen-bond acceptors (Lipinski definition) is 8. The number of esters is 1. The van der Waals surface area contributed by atoms with E-state index in [0.29, 0.717) is 26.2 Å². The van der Waals surface area contributed by atoms with Crippen LogP contribution in [0.3, 0.4) is 0 Å². The zero-order chi connectivity index (χ0) is 19.6. The van der Waals surface area contributed by atoms with Crippen LogP contribution < -0.4 is 22.9 Å². The van der Waals surface area contributed by atoms with Crippen molar-refractivity contribution in [3.05, 3.63) is 0 Å². The van der Waals surface area contributed by atoms with Gasteiger partial charge in [0.1, 0.15) is 6.04 Å². The highest BCUT2D eigenvalue weighted by Gasteiger charge is 2.26. The van der Waals surface area contributed by atoms with E-state index in [1.165, 1.54) is 7.11 Å². The number of ether oxygens (including phenoxy) is 1. The Hall–Kier alpha value is -0.770. The Labute approximate surface area is 159 Å². The third kappa shape index (κ3) is 11.8. The van der Waals surface area contributed by atoms with E-state index < -0.39 is 0 Å². The minimum atomic E-state index is -0.232. The molecule has 0 saturated heterocycles. The van der Waals surface area contributed by atoms with Gasteiger partial charge in [0.2, 0.25) is 0 Å². The molecule has 1 atom stereocenters. The number of nitrogens with zero attached hydrogens (tertiary/aromatic N) is 2. The summed E-state index contributed by atoms with van der Waals surface area (Å²) in [5.74, 6) is -0.172. The van der Waals surface area contributed by atoms with E-state index >= 15 is 0 Å². The van der Waals surface area contributed by atoms with Crippen LogP contribution in [0, 0.1) is 0 Å². The van der Waals surface area contributed by atoms with Gasteiger partial charge in [-0.25, -0.2) is 0 Å². The highest BCUT2D eigenvalue weighted by molar-refractivity contribution is 5.75. The molecular weight excluding hydrogens is 332 g/mol. The van der Waals surface area contributed by atoms with E-state index in [0.717, 1.165) is 71.2 Å². The Morgan fingerprint density at radius 1 is 0.769 bits per heavy atom. The van der Waals surface area contributed by atoms with E-state index in [1.54, 1.807) is 0 Å². The second-order valence-electron chi connectivity index (χ2n) is 6.63. The Balaban J connectivity index is 4.70. The first-order valence-electron chi connectivity index (χ1n) is 9.99. The van der Waals surface area contributed by atoms with Crippen LogP contribution in [0.4, 0.5) is 0 Å². The molecular formula is C18H42N6O2. The molecule has 8 N–H and O–H groups in total. The van der Waals surface area contributed by atoms with Crippen LogP contribution in [-0.4, -0.2) is 87.8 Å². The smallest absolute Gasteiger partial charge is 0.323 e. The van der Waals surface area contributed by atoms with E-state index in [2.05, 4.69) is 9.80 Å². The second kappa shape index (κ2) is 17.6. The lowest BCUT2D eigenvalue weighted by Gasteiger charge is -2.30. The first-order valence-corrected chi connectivity index (χ1v) is 9.99. The Bertz CT molecular complexity index is 317. The molecule has 0 aliphatic heterocycles. The lowest BCUT2D eigenvalue weighted by Crippen LogP contribution is -2.44. The maximum atomic E-state index is 12.3. The molecule has 8 heteroatoms. The van der Waals surface area contributed by atoms with Crippen LogP contribution in [0.2, 0.25) is 0 Å². The van der Waals surface area contributed by atoms with Gasteiger partial charge < -0.3 is 32.6 Å². The quantitative estimate of drug-likeness (QED) is 0.231. The Morgan fingerprint density at radius 3 is 1.62 bits per heavy atom. The fraction of sp³-hybridized carbons (Fsp3) is 0.944. The zero-order valence-corrected chi connectivity index (χ0v) is 16.7. The molecule has 0 fully saturated rings. The Kier molecular flexibility index (Phi) is 17.1. The molecule has 0 aromatic heterocycles. The van der Waals surface area contributed by atoms with Crippen molar-refractivity contribution in [3.8, 4) is 0 Å². The number of methoxy groups -OCH3 is 1. The lowest BCUT2D eigenvalue weighted by atomic mass is 10.1. The number of carbonyl (C=O) groups is 1. The predicted molar refractivity (Wildman–Crippen MR) is 108 cm³/mol. The molecule has 156 valence electrons. The minimum absolute atomic E-state index is 0.172. The fourth-order valence-electron chi connectivity index (χ4n) is 3.07. The van der Waals surface area contributed by atoms with Gasteiger partial charge in [0.25, 0.3) is 0 Å². The third-order valence-electron chi connectivity index (χ3n) is 4.52. The third-order valence-corrected chi connectivity index (χ3v) is 4.52. The number of nitrogens with two attached hydrogens (primary N) is 4. The molecule has 26 heavy (non-hydrogen) atoms.